The third-order valence-electron chi connectivity index (χ3n) is 3.71. The molecule has 0 unspecified atom stereocenters. The molecule has 0 aliphatic rings. The van der Waals surface area contributed by atoms with Crippen LogP contribution in [0.2, 0.25) is 0 Å². The van der Waals surface area contributed by atoms with Crippen molar-refractivity contribution in [2.24, 2.45) is 5.10 Å². The van der Waals surface area contributed by atoms with Gasteiger partial charge in [0.1, 0.15) is 11.6 Å². The Morgan fingerprint density at radius 3 is 2.33 bits per heavy atom. The van der Waals surface area contributed by atoms with Crippen LogP contribution in [0.25, 0.3) is 11.3 Å². The first kappa shape index (κ1) is 15.9. The van der Waals surface area contributed by atoms with Gasteiger partial charge in [-0.15, -0.1) is 0 Å². The molecule has 3 aromatic rings. The van der Waals surface area contributed by atoms with Crippen molar-refractivity contribution < 1.29 is 0 Å². The molecule has 0 saturated heterocycles. The molecule has 0 spiro atoms. The second-order valence-corrected chi connectivity index (χ2v) is 5.73. The van der Waals surface area contributed by atoms with E-state index in [1.54, 1.807) is 0 Å². The SMILES string of the molecule is C/C(=N\Nc1cc(-c2ccccc2)nc(C)n1)c1ccc(C)cc1. The lowest BCUT2D eigenvalue weighted by Crippen LogP contribution is -2.02. The van der Waals surface area contributed by atoms with E-state index in [1.165, 1.54) is 5.56 Å². The maximum atomic E-state index is 4.50. The Kier molecular flexibility index (Phi) is 4.66. The van der Waals surface area contributed by atoms with Gasteiger partial charge in [-0.05, 0) is 26.3 Å². The number of benzene rings is 2. The van der Waals surface area contributed by atoms with Crippen LogP contribution in [-0.4, -0.2) is 15.7 Å². The Labute approximate surface area is 142 Å². The van der Waals surface area contributed by atoms with Gasteiger partial charge in [0.15, 0.2) is 0 Å². The van der Waals surface area contributed by atoms with Gasteiger partial charge in [0.2, 0.25) is 0 Å². The number of hydrazone groups is 1. The fourth-order valence-corrected chi connectivity index (χ4v) is 2.38. The number of nitrogens with zero attached hydrogens (tertiary/aromatic N) is 3. The van der Waals surface area contributed by atoms with Crippen molar-refractivity contribution in [2.75, 3.05) is 5.43 Å². The Morgan fingerprint density at radius 1 is 0.917 bits per heavy atom. The smallest absolute Gasteiger partial charge is 0.150 e. The lowest BCUT2D eigenvalue weighted by Gasteiger charge is -2.07. The normalized spacial score (nSPS) is 11.4. The Bertz CT molecular complexity index is 853. The summed E-state index contributed by atoms with van der Waals surface area (Å²) in [4.78, 5) is 8.91. The molecule has 1 heterocycles. The van der Waals surface area contributed by atoms with Crippen molar-refractivity contribution in [2.45, 2.75) is 20.8 Å². The van der Waals surface area contributed by atoms with E-state index in [2.05, 4.69) is 51.7 Å². The van der Waals surface area contributed by atoms with Gasteiger partial charge >= 0.3 is 0 Å². The highest BCUT2D eigenvalue weighted by atomic mass is 15.3. The summed E-state index contributed by atoms with van der Waals surface area (Å²) in [5.41, 5.74) is 8.22. The molecule has 0 aliphatic carbocycles. The van der Waals surface area contributed by atoms with Crippen molar-refractivity contribution in [1.29, 1.82) is 0 Å². The second-order valence-electron chi connectivity index (χ2n) is 5.73. The number of aryl methyl sites for hydroxylation is 2. The zero-order valence-electron chi connectivity index (χ0n) is 14.1. The molecule has 4 heteroatoms. The van der Waals surface area contributed by atoms with E-state index < -0.39 is 0 Å². The number of nitrogens with one attached hydrogen (secondary N) is 1. The summed E-state index contributed by atoms with van der Waals surface area (Å²) in [5.74, 6) is 1.40. The minimum atomic E-state index is 0.688. The van der Waals surface area contributed by atoms with Crippen LogP contribution in [0.5, 0.6) is 0 Å². The number of rotatable bonds is 4. The topological polar surface area (TPSA) is 50.2 Å². The van der Waals surface area contributed by atoms with Gasteiger partial charge in [-0.1, -0.05) is 60.2 Å². The second kappa shape index (κ2) is 7.04. The van der Waals surface area contributed by atoms with Gasteiger partial charge in [-0.25, -0.2) is 9.97 Å². The van der Waals surface area contributed by atoms with Crippen LogP contribution >= 0.6 is 0 Å². The van der Waals surface area contributed by atoms with Crippen molar-refractivity contribution in [3.63, 3.8) is 0 Å². The van der Waals surface area contributed by atoms with Gasteiger partial charge in [0, 0.05) is 11.6 Å². The molecule has 3 rings (SSSR count). The third kappa shape index (κ3) is 3.84. The van der Waals surface area contributed by atoms with E-state index >= 15 is 0 Å². The van der Waals surface area contributed by atoms with Crippen LogP contribution < -0.4 is 5.43 Å². The molecule has 0 fully saturated rings. The molecule has 0 saturated carbocycles. The summed E-state index contributed by atoms with van der Waals surface area (Å²) < 4.78 is 0. The fourth-order valence-electron chi connectivity index (χ4n) is 2.38. The number of anilines is 1. The Morgan fingerprint density at radius 2 is 1.62 bits per heavy atom. The monoisotopic (exact) mass is 316 g/mol. The highest BCUT2D eigenvalue weighted by molar-refractivity contribution is 5.99. The molecule has 1 aromatic heterocycles. The Hall–Kier alpha value is -3.01. The predicted molar refractivity (Wildman–Crippen MR) is 99.2 cm³/mol. The van der Waals surface area contributed by atoms with Crippen LogP contribution in [0.1, 0.15) is 23.9 Å². The largest absolute Gasteiger partial charge is 0.261 e. The van der Waals surface area contributed by atoms with E-state index in [0.717, 1.165) is 22.5 Å². The van der Waals surface area contributed by atoms with Crippen molar-refractivity contribution in [3.8, 4) is 11.3 Å². The van der Waals surface area contributed by atoms with Gasteiger partial charge in [-0.2, -0.15) is 5.10 Å². The zero-order valence-corrected chi connectivity index (χ0v) is 14.1. The minimum Gasteiger partial charge on any atom is -0.261 e. The van der Waals surface area contributed by atoms with Crippen molar-refractivity contribution in [3.05, 3.63) is 77.6 Å². The molecule has 0 aliphatic heterocycles. The summed E-state index contributed by atoms with van der Waals surface area (Å²) in [5, 5.41) is 4.45. The number of hydrogen-bond donors (Lipinski definition) is 1. The first-order valence-electron chi connectivity index (χ1n) is 7.90. The summed E-state index contributed by atoms with van der Waals surface area (Å²) in [7, 11) is 0. The van der Waals surface area contributed by atoms with Crippen LogP contribution in [0.3, 0.4) is 0 Å². The van der Waals surface area contributed by atoms with Crippen LogP contribution in [0, 0.1) is 13.8 Å². The molecule has 1 N–H and O–H groups in total. The van der Waals surface area contributed by atoms with E-state index in [1.807, 2.05) is 50.2 Å². The summed E-state index contributed by atoms with van der Waals surface area (Å²) >= 11 is 0. The van der Waals surface area contributed by atoms with Crippen LogP contribution in [0.4, 0.5) is 5.82 Å². The molecular formula is C20H20N4. The van der Waals surface area contributed by atoms with E-state index in [9.17, 15) is 0 Å². The summed E-state index contributed by atoms with van der Waals surface area (Å²) in [6, 6.07) is 20.3. The maximum absolute atomic E-state index is 4.50. The molecule has 0 bridgehead atoms. The van der Waals surface area contributed by atoms with Gasteiger partial charge < -0.3 is 0 Å². The quantitative estimate of drug-likeness (QED) is 0.565. The molecule has 0 atom stereocenters. The fraction of sp³-hybridized carbons (Fsp3) is 0.150. The average Bonchev–Trinajstić information content (AvgIpc) is 2.60. The first-order valence-corrected chi connectivity index (χ1v) is 7.90. The van der Waals surface area contributed by atoms with E-state index in [0.29, 0.717) is 11.6 Å². The highest BCUT2D eigenvalue weighted by Gasteiger charge is 2.04. The Balaban J connectivity index is 1.84. The molecular weight excluding hydrogens is 296 g/mol. The molecule has 24 heavy (non-hydrogen) atoms. The molecule has 4 nitrogen and oxygen atoms in total. The van der Waals surface area contributed by atoms with Gasteiger partial charge in [-0.3, -0.25) is 5.43 Å². The summed E-state index contributed by atoms with van der Waals surface area (Å²) in [6.07, 6.45) is 0. The van der Waals surface area contributed by atoms with Crippen LogP contribution in [-0.2, 0) is 0 Å². The zero-order chi connectivity index (χ0) is 16.9. The average molecular weight is 316 g/mol. The van der Waals surface area contributed by atoms with Crippen molar-refractivity contribution >= 4 is 11.5 Å². The number of hydrogen-bond acceptors (Lipinski definition) is 4. The third-order valence-corrected chi connectivity index (χ3v) is 3.71. The molecule has 2 aromatic carbocycles. The molecule has 0 radical (unpaired) electrons. The van der Waals surface area contributed by atoms with Crippen molar-refractivity contribution in [1.82, 2.24) is 9.97 Å². The van der Waals surface area contributed by atoms with Gasteiger partial charge in [0.05, 0.1) is 11.4 Å². The molecule has 0 amide bonds. The minimum absolute atomic E-state index is 0.688. The van der Waals surface area contributed by atoms with E-state index in [4.69, 9.17) is 0 Å². The number of aromatic nitrogens is 2. The van der Waals surface area contributed by atoms with Crippen LogP contribution in [0.15, 0.2) is 65.8 Å². The maximum Gasteiger partial charge on any atom is 0.150 e. The predicted octanol–water partition coefficient (Wildman–Crippen LogP) is 4.60. The highest BCUT2D eigenvalue weighted by Crippen LogP contribution is 2.19. The van der Waals surface area contributed by atoms with E-state index in [-0.39, 0.29) is 0 Å². The molecule has 120 valence electrons. The van der Waals surface area contributed by atoms with Gasteiger partial charge in [0.25, 0.3) is 0 Å². The first-order chi connectivity index (χ1) is 11.6. The standard InChI is InChI=1S/C20H20N4/c1-14-9-11-17(12-10-14)15(2)23-24-20-13-19(21-16(3)22-20)18-7-5-4-6-8-18/h4-13H,1-3H3,(H,21,22,24)/b23-15+. The lowest BCUT2D eigenvalue weighted by atomic mass is 10.1. The summed E-state index contributed by atoms with van der Waals surface area (Å²) in [6.45, 7) is 5.93. The lowest BCUT2D eigenvalue weighted by molar-refractivity contribution is 1.05.